The lowest BCUT2D eigenvalue weighted by molar-refractivity contribution is 0.302. The molecule has 0 bridgehead atoms. The van der Waals surface area contributed by atoms with Crippen molar-refractivity contribution in [2.24, 2.45) is 5.41 Å². The topological polar surface area (TPSA) is 12.0 Å². The van der Waals surface area contributed by atoms with Crippen molar-refractivity contribution in [1.82, 2.24) is 5.32 Å². The molecule has 19 heavy (non-hydrogen) atoms. The summed E-state index contributed by atoms with van der Waals surface area (Å²) in [5.74, 6) is 0. The summed E-state index contributed by atoms with van der Waals surface area (Å²) in [6.45, 7) is 5.83. The Hall–Kier alpha value is -0.240. The Labute approximate surface area is 126 Å². The molecule has 0 atom stereocenters. The van der Waals surface area contributed by atoms with Crippen molar-refractivity contribution < 1.29 is 0 Å². The van der Waals surface area contributed by atoms with Crippen molar-refractivity contribution in [1.29, 1.82) is 0 Å². The highest BCUT2D eigenvalue weighted by Crippen LogP contribution is 2.29. The van der Waals surface area contributed by atoms with Crippen LogP contribution in [-0.2, 0) is 6.42 Å². The molecule has 0 aliphatic heterocycles. The molecular formula is C16H23Cl2N. The highest BCUT2D eigenvalue weighted by Gasteiger charge is 2.22. The van der Waals surface area contributed by atoms with Gasteiger partial charge in [0.25, 0.3) is 0 Å². The molecule has 0 saturated heterocycles. The zero-order valence-electron chi connectivity index (χ0n) is 11.8. The van der Waals surface area contributed by atoms with Gasteiger partial charge in [-0.2, -0.15) is 0 Å². The smallest absolute Gasteiger partial charge is 0.0595 e. The predicted octanol–water partition coefficient (Wildman–Crippen LogP) is 5.09. The zero-order chi connectivity index (χ0) is 13.9. The number of hydrogen-bond donors (Lipinski definition) is 1. The van der Waals surface area contributed by atoms with E-state index in [1.165, 1.54) is 31.2 Å². The molecule has 1 aliphatic carbocycles. The average Bonchev–Trinajstić information content (AvgIpc) is 3.15. The summed E-state index contributed by atoms with van der Waals surface area (Å²) < 4.78 is 0. The molecule has 0 radical (unpaired) electrons. The Balaban J connectivity index is 1.76. The van der Waals surface area contributed by atoms with Crippen LogP contribution >= 0.6 is 23.2 Å². The first-order valence-corrected chi connectivity index (χ1v) is 7.89. The van der Waals surface area contributed by atoms with Crippen LogP contribution in [0.5, 0.6) is 0 Å². The van der Waals surface area contributed by atoms with Crippen LogP contribution in [0, 0.1) is 5.41 Å². The maximum atomic E-state index is 6.05. The second-order valence-electron chi connectivity index (χ2n) is 6.39. The number of halogens is 2. The van der Waals surface area contributed by atoms with Crippen LogP contribution in [0.2, 0.25) is 10.0 Å². The van der Waals surface area contributed by atoms with E-state index >= 15 is 0 Å². The monoisotopic (exact) mass is 299 g/mol. The quantitative estimate of drug-likeness (QED) is 0.739. The van der Waals surface area contributed by atoms with Gasteiger partial charge in [-0.25, -0.2) is 0 Å². The molecule has 1 N–H and O–H groups in total. The first-order chi connectivity index (χ1) is 8.96. The minimum Gasteiger partial charge on any atom is -0.314 e. The molecule has 0 heterocycles. The Morgan fingerprint density at radius 1 is 1.16 bits per heavy atom. The molecule has 0 amide bonds. The maximum Gasteiger partial charge on any atom is 0.0595 e. The lowest BCUT2D eigenvalue weighted by Crippen LogP contribution is -2.24. The van der Waals surface area contributed by atoms with Gasteiger partial charge < -0.3 is 5.32 Å². The van der Waals surface area contributed by atoms with E-state index in [-0.39, 0.29) is 0 Å². The van der Waals surface area contributed by atoms with Crippen LogP contribution in [0.25, 0.3) is 0 Å². The molecule has 1 saturated carbocycles. The fraction of sp³-hybridized carbons (Fsp3) is 0.625. The van der Waals surface area contributed by atoms with Gasteiger partial charge in [0, 0.05) is 6.04 Å². The van der Waals surface area contributed by atoms with Crippen LogP contribution in [0.4, 0.5) is 0 Å². The number of nitrogens with one attached hydrogen (secondary N) is 1. The van der Waals surface area contributed by atoms with Gasteiger partial charge in [-0.05, 0) is 61.8 Å². The molecule has 106 valence electrons. The first kappa shape index (κ1) is 15.2. The van der Waals surface area contributed by atoms with Crippen LogP contribution in [0.1, 0.15) is 45.1 Å². The van der Waals surface area contributed by atoms with Crippen LogP contribution < -0.4 is 5.32 Å². The van der Waals surface area contributed by atoms with E-state index in [9.17, 15) is 0 Å². The Bertz CT molecular complexity index is 425. The highest BCUT2D eigenvalue weighted by molar-refractivity contribution is 6.42. The summed E-state index contributed by atoms with van der Waals surface area (Å²) in [5, 5.41) is 4.89. The zero-order valence-corrected chi connectivity index (χ0v) is 13.3. The van der Waals surface area contributed by atoms with Gasteiger partial charge in [0.15, 0.2) is 0 Å². The second kappa shape index (κ2) is 6.47. The highest BCUT2D eigenvalue weighted by atomic mass is 35.5. The van der Waals surface area contributed by atoms with Crippen LogP contribution in [0.15, 0.2) is 18.2 Å². The number of hydrogen-bond acceptors (Lipinski definition) is 1. The van der Waals surface area contributed by atoms with Gasteiger partial charge in [0.05, 0.1) is 10.0 Å². The molecule has 1 aromatic carbocycles. The third kappa shape index (κ3) is 5.33. The van der Waals surface area contributed by atoms with Crippen molar-refractivity contribution in [3.8, 4) is 0 Å². The first-order valence-electron chi connectivity index (χ1n) is 7.14. The third-order valence-corrected chi connectivity index (χ3v) is 4.63. The number of rotatable bonds is 7. The average molecular weight is 300 g/mol. The van der Waals surface area contributed by atoms with Crippen molar-refractivity contribution in [2.75, 3.05) is 6.54 Å². The van der Waals surface area contributed by atoms with Crippen molar-refractivity contribution >= 4 is 23.2 Å². The van der Waals surface area contributed by atoms with E-state index < -0.39 is 0 Å². The van der Waals surface area contributed by atoms with Gasteiger partial charge in [0.1, 0.15) is 0 Å². The summed E-state index contributed by atoms with van der Waals surface area (Å²) in [6, 6.07) is 6.77. The van der Waals surface area contributed by atoms with E-state index in [1.54, 1.807) is 0 Å². The maximum absolute atomic E-state index is 6.05. The van der Waals surface area contributed by atoms with E-state index in [1.807, 2.05) is 12.1 Å². The second-order valence-corrected chi connectivity index (χ2v) is 7.21. The fourth-order valence-electron chi connectivity index (χ4n) is 2.21. The molecule has 1 fully saturated rings. The number of benzene rings is 1. The predicted molar refractivity (Wildman–Crippen MR) is 84.2 cm³/mol. The van der Waals surface area contributed by atoms with Gasteiger partial charge in [0.2, 0.25) is 0 Å². The molecule has 1 aliphatic rings. The Morgan fingerprint density at radius 3 is 2.53 bits per heavy atom. The standard InChI is InChI=1S/C16H23Cl2N/c1-16(2,9-10-19-13-4-5-13)8-7-12-3-6-14(17)15(18)11-12/h3,6,11,13,19H,4-5,7-10H2,1-2H3. The summed E-state index contributed by atoms with van der Waals surface area (Å²) in [4.78, 5) is 0. The van der Waals surface area contributed by atoms with Crippen LogP contribution in [0.3, 0.4) is 0 Å². The number of aryl methyl sites for hydroxylation is 1. The van der Waals surface area contributed by atoms with Crippen molar-refractivity contribution in [2.45, 2.75) is 52.0 Å². The molecule has 3 heteroatoms. The SMILES string of the molecule is CC(C)(CCNC1CC1)CCc1ccc(Cl)c(Cl)c1. The summed E-state index contributed by atoms with van der Waals surface area (Å²) in [7, 11) is 0. The summed E-state index contributed by atoms with van der Waals surface area (Å²) in [6.07, 6.45) is 6.20. The van der Waals surface area contributed by atoms with E-state index in [0.29, 0.717) is 15.5 Å². The van der Waals surface area contributed by atoms with Gasteiger partial charge in [-0.3, -0.25) is 0 Å². The molecular weight excluding hydrogens is 277 g/mol. The van der Waals surface area contributed by atoms with E-state index in [2.05, 4.69) is 25.2 Å². The molecule has 0 unspecified atom stereocenters. The van der Waals surface area contributed by atoms with Crippen molar-refractivity contribution in [3.05, 3.63) is 33.8 Å². The van der Waals surface area contributed by atoms with Gasteiger partial charge in [-0.1, -0.05) is 43.1 Å². The lowest BCUT2D eigenvalue weighted by Gasteiger charge is -2.25. The summed E-state index contributed by atoms with van der Waals surface area (Å²) in [5.41, 5.74) is 1.64. The molecule has 1 nitrogen and oxygen atoms in total. The summed E-state index contributed by atoms with van der Waals surface area (Å²) >= 11 is 12.0. The molecule has 1 aromatic rings. The normalized spacial score (nSPS) is 15.8. The largest absolute Gasteiger partial charge is 0.314 e. The Morgan fingerprint density at radius 2 is 1.89 bits per heavy atom. The minimum atomic E-state index is 0.369. The van der Waals surface area contributed by atoms with Gasteiger partial charge in [-0.15, -0.1) is 0 Å². The fourth-order valence-corrected chi connectivity index (χ4v) is 2.53. The lowest BCUT2D eigenvalue weighted by atomic mass is 9.83. The van der Waals surface area contributed by atoms with E-state index in [0.717, 1.165) is 19.0 Å². The van der Waals surface area contributed by atoms with Gasteiger partial charge >= 0.3 is 0 Å². The van der Waals surface area contributed by atoms with Crippen LogP contribution in [-0.4, -0.2) is 12.6 Å². The van der Waals surface area contributed by atoms with Crippen molar-refractivity contribution in [3.63, 3.8) is 0 Å². The third-order valence-electron chi connectivity index (χ3n) is 3.89. The van der Waals surface area contributed by atoms with E-state index in [4.69, 9.17) is 23.2 Å². The minimum absolute atomic E-state index is 0.369. The molecule has 2 rings (SSSR count). The molecule has 0 aromatic heterocycles. The Kier molecular flexibility index (Phi) is 5.16. The molecule has 0 spiro atoms.